The van der Waals surface area contributed by atoms with Gasteiger partial charge in [0.25, 0.3) is 0 Å². The van der Waals surface area contributed by atoms with Crippen LogP contribution >= 0.6 is 0 Å². The molecule has 1 aromatic carbocycles. The molecule has 1 unspecified atom stereocenters. The van der Waals surface area contributed by atoms with Crippen LogP contribution in [0.5, 0.6) is 0 Å². The van der Waals surface area contributed by atoms with Crippen LogP contribution in [-0.4, -0.2) is 29.4 Å². The van der Waals surface area contributed by atoms with Crippen LogP contribution in [0.25, 0.3) is 0 Å². The summed E-state index contributed by atoms with van der Waals surface area (Å²) >= 11 is 0. The molecule has 0 radical (unpaired) electrons. The largest absolute Gasteiger partial charge is 0.488 e. The van der Waals surface area contributed by atoms with Gasteiger partial charge in [0.1, 0.15) is 6.10 Å². The zero-order valence-electron chi connectivity index (χ0n) is 25.5. The lowest BCUT2D eigenvalue weighted by Crippen LogP contribution is -2.51. The van der Waals surface area contributed by atoms with E-state index >= 15 is 0 Å². The van der Waals surface area contributed by atoms with Crippen molar-refractivity contribution in [3.63, 3.8) is 0 Å². The fourth-order valence-electron chi connectivity index (χ4n) is 9.83. The van der Waals surface area contributed by atoms with Crippen molar-refractivity contribution < 1.29 is 19.6 Å². The summed E-state index contributed by atoms with van der Waals surface area (Å²) in [7, 11) is -1.57. The van der Waals surface area contributed by atoms with Crippen molar-refractivity contribution in [1.82, 2.24) is 0 Å². The number of nitrogens with one attached hydrogen (secondary N) is 1. The van der Waals surface area contributed by atoms with Crippen LogP contribution in [0.15, 0.2) is 35.9 Å². The minimum absolute atomic E-state index is 0.112. The number of fused-ring (bicyclic) bond motifs is 5. The molecule has 5 rings (SSSR count). The van der Waals surface area contributed by atoms with Crippen LogP contribution in [0, 0.1) is 46.3 Å². The SMILES string of the molecule is CC(C)CCC[C@@H](C)[C@H]1CC[C@H]2[C@@H]3CC=C4CC(OC(=O)Nc5cccc(B(O)O)c5)CC[C@]4(C)[C@H]3CC[C@]12C. The summed E-state index contributed by atoms with van der Waals surface area (Å²) < 4.78 is 5.88. The first-order valence-corrected chi connectivity index (χ1v) is 16.1. The summed E-state index contributed by atoms with van der Waals surface area (Å²) in [4.78, 5) is 12.7. The highest BCUT2D eigenvalue weighted by molar-refractivity contribution is 6.58. The summed E-state index contributed by atoms with van der Waals surface area (Å²) in [5.41, 5.74) is 3.09. The molecule has 4 aliphatic carbocycles. The topological polar surface area (TPSA) is 78.8 Å². The molecule has 5 nitrogen and oxygen atoms in total. The molecular weight excluding hydrogens is 497 g/mol. The summed E-state index contributed by atoms with van der Waals surface area (Å²) in [5.74, 6) is 4.94. The van der Waals surface area contributed by atoms with E-state index in [9.17, 15) is 14.8 Å². The number of anilines is 1. The Morgan fingerprint density at radius 1 is 1.07 bits per heavy atom. The highest BCUT2D eigenvalue weighted by Gasteiger charge is 2.59. The van der Waals surface area contributed by atoms with Gasteiger partial charge in [-0.1, -0.05) is 77.7 Å². The predicted octanol–water partition coefficient (Wildman–Crippen LogP) is 7.32. The van der Waals surface area contributed by atoms with Crippen LogP contribution in [0.3, 0.4) is 0 Å². The summed E-state index contributed by atoms with van der Waals surface area (Å²) in [5, 5.41) is 21.6. The number of benzene rings is 1. The lowest BCUT2D eigenvalue weighted by molar-refractivity contribution is -0.0577. The number of carbonyl (C=O) groups excluding carboxylic acids is 1. The molecule has 3 fully saturated rings. The highest BCUT2D eigenvalue weighted by atomic mass is 16.6. The lowest BCUT2D eigenvalue weighted by atomic mass is 9.47. The van der Waals surface area contributed by atoms with Crippen LogP contribution in [-0.2, 0) is 4.74 Å². The normalized spacial score (nSPS) is 35.7. The number of ether oxygens (including phenoxy) is 1. The van der Waals surface area contributed by atoms with Gasteiger partial charge in [-0.3, -0.25) is 5.32 Å². The Bertz CT molecular complexity index is 1090. The van der Waals surface area contributed by atoms with Gasteiger partial charge in [0.2, 0.25) is 0 Å². The smallest absolute Gasteiger partial charge is 0.446 e. The first-order valence-electron chi connectivity index (χ1n) is 16.1. The van der Waals surface area contributed by atoms with Gasteiger partial charge < -0.3 is 14.8 Å². The summed E-state index contributed by atoms with van der Waals surface area (Å²) in [6.07, 6.45) is 15.7. The van der Waals surface area contributed by atoms with Crippen molar-refractivity contribution in [2.24, 2.45) is 46.3 Å². The first kappa shape index (κ1) is 29.7. The van der Waals surface area contributed by atoms with E-state index in [-0.39, 0.29) is 11.5 Å². The zero-order chi connectivity index (χ0) is 28.7. The lowest BCUT2D eigenvalue weighted by Gasteiger charge is -2.58. The molecule has 6 heteroatoms. The fraction of sp³-hybridized carbons (Fsp3) is 0.735. The third kappa shape index (κ3) is 5.77. The fourth-order valence-corrected chi connectivity index (χ4v) is 9.83. The Kier molecular flexibility index (Phi) is 8.79. The molecule has 1 amide bonds. The van der Waals surface area contributed by atoms with Crippen molar-refractivity contribution in [3.8, 4) is 0 Å². The molecule has 0 bridgehead atoms. The van der Waals surface area contributed by atoms with E-state index < -0.39 is 13.2 Å². The van der Waals surface area contributed by atoms with Crippen LogP contribution in [0.4, 0.5) is 10.5 Å². The minimum atomic E-state index is -1.57. The second-order valence-electron chi connectivity index (χ2n) is 14.7. The monoisotopic (exact) mass is 549 g/mol. The summed E-state index contributed by atoms with van der Waals surface area (Å²) in [6.45, 7) is 12.4. The van der Waals surface area contributed by atoms with E-state index in [0.717, 1.165) is 54.8 Å². The van der Waals surface area contributed by atoms with Gasteiger partial charge in [-0.2, -0.15) is 0 Å². The van der Waals surface area contributed by atoms with E-state index in [0.29, 0.717) is 16.6 Å². The van der Waals surface area contributed by atoms with Crippen molar-refractivity contribution >= 4 is 24.4 Å². The number of allylic oxidation sites excluding steroid dienone is 1. The van der Waals surface area contributed by atoms with E-state index in [4.69, 9.17) is 4.74 Å². The molecule has 0 saturated heterocycles. The maximum atomic E-state index is 12.7. The Labute approximate surface area is 242 Å². The van der Waals surface area contributed by atoms with Crippen molar-refractivity contribution in [1.29, 1.82) is 0 Å². The van der Waals surface area contributed by atoms with Crippen molar-refractivity contribution in [3.05, 3.63) is 35.9 Å². The molecule has 1 aromatic rings. The molecule has 8 atom stereocenters. The van der Waals surface area contributed by atoms with E-state index in [1.807, 2.05) is 0 Å². The molecule has 3 N–H and O–H groups in total. The van der Waals surface area contributed by atoms with Gasteiger partial charge in [0, 0.05) is 12.1 Å². The van der Waals surface area contributed by atoms with Crippen molar-refractivity contribution in [2.45, 2.75) is 111 Å². The molecule has 4 aliphatic rings. The second kappa shape index (κ2) is 11.8. The van der Waals surface area contributed by atoms with Gasteiger partial charge in [0.05, 0.1) is 0 Å². The molecule has 0 aliphatic heterocycles. The average molecular weight is 550 g/mol. The summed E-state index contributed by atoms with van der Waals surface area (Å²) in [6, 6.07) is 6.59. The van der Waals surface area contributed by atoms with E-state index in [1.165, 1.54) is 56.9 Å². The number of hydrogen-bond acceptors (Lipinski definition) is 4. The van der Waals surface area contributed by atoms with Crippen molar-refractivity contribution in [2.75, 3.05) is 5.32 Å². The van der Waals surface area contributed by atoms with Crippen LogP contribution < -0.4 is 10.8 Å². The molecule has 40 heavy (non-hydrogen) atoms. The number of carbonyl (C=O) groups is 1. The molecule has 0 spiro atoms. The predicted molar refractivity (Wildman–Crippen MR) is 163 cm³/mol. The second-order valence-corrected chi connectivity index (χ2v) is 14.7. The molecular formula is C34H52BNO4. The third-order valence-corrected chi connectivity index (χ3v) is 12.0. The first-order chi connectivity index (χ1) is 19.0. The van der Waals surface area contributed by atoms with Gasteiger partial charge >= 0.3 is 13.2 Å². The Morgan fingerprint density at radius 2 is 1.88 bits per heavy atom. The standard InChI is InChI=1S/C34H52BNO4/c1-22(2)8-6-9-23(3)29-14-15-30-28-13-12-24-20-27(16-18-33(24,4)31(28)17-19-34(29,30)5)40-32(37)36-26-11-7-10-25(21-26)35(38)39/h7,10-12,21-23,27-31,38-39H,6,8-9,13-20H2,1-5H3,(H,36,37)/t23-,27?,28+,29-,30+,31+,33+,34-/m1/s1. The van der Waals surface area contributed by atoms with Gasteiger partial charge in [0.15, 0.2) is 0 Å². The Morgan fingerprint density at radius 3 is 2.62 bits per heavy atom. The Hall–Kier alpha value is -1.79. The maximum absolute atomic E-state index is 12.7. The van der Waals surface area contributed by atoms with E-state index in [1.54, 1.807) is 24.3 Å². The quantitative estimate of drug-likeness (QED) is 0.234. The number of hydrogen-bond donors (Lipinski definition) is 3. The van der Waals surface area contributed by atoms with Crippen LogP contribution in [0.1, 0.15) is 105 Å². The zero-order valence-corrected chi connectivity index (χ0v) is 25.5. The minimum Gasteiger partial charge on any atom is -0.446 e. The highest BCUT2D eigenvalue weighted by Crippen LogP contribution is 2.67. The van der Waals surface area contributed by atoms with E-state index in [2.05, 4.69) is 46.0 Å². The molecule has 3 saturated carbocycles. The Balaban J connectivity index is 1.21. The maximum Gasteiger partial charge on any atom is 0.488 e. The molecule has 0 heterocycles. The molecule has 220 valence electrons. The van der Waals surface area contributed by atoms with Gasteiger partial charge in [-0.15, -0.1) is 0 Å². The molecule has 0 aromatic heterocycles. The number of amides is 1. The third-order valence-electron chi connectivity index (χ3n) is 12.0. The number of rotatable bonds is 8. The van der Waals surface area contributed by atoms with Crippen LogP contribution in [0.2, 0.25) is 0 Å². The van der Waals surface area contributed by atoms with Gasteiger partial charge in [-0.05, 0) is 109 Å². The van der Waals surface area contributed by atoms with Gasteiger partial charge in [-0.25, -0.2) is 4.79 Å². The average Bonchev–Trinajstić information content (AvgIpc) is 3.26.